The summed E-state index contributed by atoms with van der Waals surface area (Å²) >= 11 is 0. The van der Waals surface area contributed by atoms with Gasteiger partial charge in [-0.3, -0.25) is 9.78 Å². The summed E-state index contributed by atoms with van der Waals surface area (Å²) < 4.78 is 10.8. The van der Waals surface area contributed by atoms with Crippen LogP contribution in [0, 0.1) is 5.92 Å². The first kappa shape index (κ1) is 23.1. The Labute approximate surface area is 195 Å². The summed E-state index contributed by atoms with van der Waals surface area (Å²) in [4.78, 5) is 36.1. The Bertz CT molecular complexity index is 1010. The highest BCUT2D eigenvalue weighted by molar-refractivity contribution is 5.92. The van der Waals surface area contributed by atoms with Crippen molar-refractivity contribution in [3.05, 3.63) is 30.5 Å². The molecule has 2 aliphatic heterocycles. The van der Waals surface area contributed by atoms with E-state index in [2.05, 4.69) is 9.88 Å². The molecule has 0 N–H and O–H groups in total. The zero-order valence-electron chi connectivity index (χ0n) is 20.0. The first-order chi connectivity index (χ1) is 15.7. The molecule has 8 heteroatoms. The van der Waals surface area contributed by atoms with Crippen LogP contribution in [0.15, 0.2) is 30.5 Å². The number of aromatic nitrogens is 1. The Kier molecular flexibility index (Phi) is 6.63. The third-order valence-electron chi connectivity index (χ3n) is 6.28. The highest BCUT2D eigenvalue weighted by Gasteiger charge is 2.34. The van der Waals surface area contributed by atoms with Gasteiger partial charge in [-0.15, -0.1) is 0 Å². The molecule has 0 saturated carbocycles. The van der Waals surface area contributed by atoms with Crippen molar-refractivity contribution >= 4 is 28.6 Å². The van der Waals surface area contributed by atoms with Gasteiger partial charge < -0.3 is 24.2 Å². The number of nitrogens with zero attached hydrogens (tertiary/aromatic N) is 4. The second-order valence-corrected chi connectivity index (χ2v) is 9.79. The number of rotatable bonds is 3. The fourth-order valence-corrected chi connectivity index (χ4v) is 4.61. The maximum atomic E-state index is 13.2. The number of anilines is 1. The quantitative estimate of drug-likeness (QED) is 0.706. The average molecular weight is 455 g/mol. The molecule has 2 aromatic rings. The SMILES string of the molecule is COc1ccc2c(N3CCN(C(=O)C4CCCN(C(=O)OC(C)(C)C)C4)CC3)ccnc2c1. The lowest BCUT2D eigenvalue weighted by Gasteiger charge is -2.40. The van der Waals surface area contributed by atoms with E-state index in [0.717, 1.165) is 48.3 Å². The van der Waals surface area contributed by atoms with Gasteiger partial charge in [-0.2, -0.15) is 0 Å². The number of ether oxygens (including phenoxy) is 2. The van der Waals surface area contributed by atoms with E-state index in [0.29, 0.717) is 26.2 Å². The molecule has 0 aliphatic carbocycles. The number of carbonyl (C=O) groups excluding carboxylic acids is 2. The number of carbonyl (C=O) groups is 2. The van der Waals surface area contributed by atoms with E-state index in [1.54, 1.807) is 12.0 Å². The van der Waals surface area contributed by atoms with Crippen LogP contribution < -0.4 is 9.64 Å². The summed E-state index contributed by atoms with van der Waals surface area (Å²) in [5, 5.41) is 1.08. The number of piperidine rings is 1. The van der Waals surface area contributed by atoms with E-state index in [9.17, 15) is 9.59 Å². The van der Waals surface area contributed by atoms with Gasteiger partial charge in [0, 0.05) is 62.6 Å². The summed E-state index contributed by atoms with van der Waals surface area (Å²) in [5.41, 5.74) is 1.49. The lowest BCUT2D eigenvalue weighted by atomic mass is 9.96. The lowest BCUT2D eigenvalue weighted by molar-refractivity contribution is -0.137. The first-order valence-electron chi connectivity index (χ1n) is 11.7. The minimum atomic E-state index is -0.535. The number of pyridine rings is 1. The molecule has 8 nitrogen and oxygen atoms in total. The van der Waals surface area contributed by atoms with Crippen molar-refractivity contribution in [2.45, 2.75) is 39.2 Å². The zero-order chi connectivity index (χ0) is 23.6. The molecule has 3 heterocycles. The second-order valence-electron chi connectivity index (χ2n) is 9.79. The molecular weight excluding hydrogens is 420 g/mol. The summed E-state index contributed by atoms with van der Waals surface area (Å²) in [7, 11) is 1.65. The van der Waals surface area contributed by atoms with Gasteiger partial charge in [0.15, 0.2) is 0 Å². The largest absolute Gasteiger partial charge is 0.497 e. The Hall–Kier alpha value is -3.03. The maximum absolute atomic E-state index is 13.2. The van der Waals surface area contributed by atoms with Gasteiger partial charge in [0.25, 0.3) is 0 Å². The summed E-state index contributed by atoms with van der Waals surface area (Å²) in [6, 6.07) is 7.97. The van der Waals surface area contributed by atoms with Crippen molar-refractivity contribution in [2.24, 2.45) is 5.92 Å². The number of hydrogen-bond acceptors (Lipinski definition) is 6. The molecule has 33 heavy (non-hydrogen) atoms. The van der Waals surface area contributed by atoms with E-state index < -0.39 is 5.60 Å². The topological polar surface area (TPSA) is 75.2 Å². The minimum Gasteiger partial charge on any atom is -0.497 e. The summed E-state index contributed by atoms with van der Waals surface area (Å²) in [6.45, 7) is 9.53. The van der Waals surface area contributed by atoms with Gasteiger partial charge >= 0.3 is 6.09 Å². The van der Waals surface area contributed by atoms with Crippen molar-refractivity contribution < 1.29 is 19.1 Å². The van der Waals surface area contributed by atoms with Crippen LogP contribution in [-0.4, -0.2) is 78.8 Å². The van der Waals surface area contributed by atoms with Gasteiger partial charge in [-0.05, 0) is 51.8 Å². The number of piperazine rings is 1. The fourth-order valence-electron chi connectivity index (χ4n) is 4.61. The Balaban J connectivity index is 1.37. The standard InChI is InChI=1S/C25H34N4O4/c1-25(2,3)33-24(31)29-11-5-6-18(17-29)23(30)28-14-12-27(13-15-28)22-9-10-26-21-16-19(32-4)7-8-20(21)22/h7-10,16,18H,5-6,11-15,17H2,1-4H3. The summed E-state index contributed by atoms with van der Waals surface area (Å²) in [5.74, 6) is 0.773. The molecule has 2 fully saturated rings. The number of fused-ring (bicyclic) bond motifs is 1. The number of benzene rings is 1. The molecule has 1 atom stereocenters. The van der Waals surface area contributed by atoms with Crippen molar-refractivity contribution in [1.82, 2.24) is 14.8 Å². The van der Waals surface area contributed by atoms with Crippen LogP contribution >= 0.6 is 0 Å². The van der Waals surface area contributed by atoms with Crippen molar-refractivity contribution in [3.8, 4) is 5.75 Å². The molecule has 2 aliphatic rings. The van der Waals surface area contributed by atoms with Crippen LogP contribution in [0.4, 0.5) is 10.5 Å². The van der Waals surface area contributed by atoms with Crippen molar-refractivity contribution in [1.29, 1.82) is 0 Å². The van der Waals surface area contributed by atoms with Crippen LogP contribution in [0.3, 0.4) is 0 Å². The second kappa shape index (κ2) is 9.45. The Morgan fingerprint density at radius 2 is 1.79 bits per heavy atom. The number of hydrogen-bond donors (Lipinski definition) is 0. The highest BCUT2D eigenvalue weighted by Crippen LogP contribution is 2.29. The van der Waals surface area contributed by atoms with E-state index in [-0.39, 0.29) is 17.9 Å². The number of methoxy groups -OCH3 is 1. The van der Waals surface area contributed by atoms with E-state index in [1.807, 2.05) is 56.1 Å². The maximum Gasteiger partial charge on any atom is 0.410 e. The van der Waals surface area contributed by atoms with Gasteiger partial charge in [0.05, 0.1) is 18.5 Å². The molecule has 1 aromatic carbocycles. The molecule has 0 spiro atoms. The average Bonchev–Trinajstić information content (AvgIpc) is 2.82. The normalized spacial score (nSPS) is 19.5. The molecule has 2 amide bonds. The molecule has 0 radical (unpaired) electrons. The van der Waals surface area contributed by atoms with Crippen LogP contribution in [0.5, 0.6) is 5.75 Å². The van der Waals surface area contributed by atoms with Crippen molar-refractivity contribution in [3.63, 3.8) is 0 Å². The molecule has 1 aromatic heterocycles. The fraction of sp³-hybridized carbons (Fsp3) is 0.560. The number of likely N-dealkylation sites (tertiary alicyclic amines) is 1. The minimum absolute atomic E-state index is 0.146. The molecule has 0 bridgehead atoms. The molecule has 4 rings (SSSR count). The predicted octanol–water partition coefficient (Wildman–Crippen LogP) is 3.54. The van der Waals surface area contributed by atoms with Crippen molar-refractivity contribution in [2.75, 3.05) is 51.3 Å². The smallest absolute Gasteiger partial charge is 0.410 e. The van der Waals surface area contributed by atoms with Gasteiger partial charge in [0.1, 0.15) is 11.4 Å². The Morgan fingerprint density at radius 1 is 1.03 bits per heavy atom. The molecule has 1 unspecified atom stereocenters. The van der Waals surface area contributed by atoms with Gasteiger partial charge in [-0.1, -0.05) is 0 Å². The van der Waals surface area contributed by atoms with Crippen LogP contribution in [0.2, 0.25) is 0 Å². The molecule has 2 saturated heterocycles. The molecular formula is C25H34N4O4. The third kappa shape index (κ3) is 5.31. The lowest BCUT2D eigenvalue weighted by Crippen LogP contribution is -2.53. The van der Waals surface area contributed by atoms with E-state index >= 15 is 0 Å². The van der Waals surface area contributed by atoms with Crippen LogP contribution in [-0.2, 0) is 9.53 Å². The third-order valence-corrected chi connectivity index (χ3v) is 6.28. The Morgan fingerprint density at radius 3 is 2.48 bits per heavy atom. The van der Waals surface area contributed by atoms with Gasteiger partial charge in [0.2, 0.25) is 5.91 Å². The van der Waals surface area contributed by atoms with Crippen LogP contribution in [0.25, 0.3) is 10.9 Å². The van der Waals surface area contributed by atoms with Gasteiger partial charge in [-0.25, -0.2) is 4.79 Å². The highest BCUT2D eigenvalue weighted by atomic mass is 16.6. The van der Waals surface area contributed by atoms with E-state index in [1.165, 1.54) is 0 Å². The van der Waals surface area contributed by atoms with Crippen LogP contribution in [0.1, 0.15) is 33.6 Å². The first-order valence-corrected chi connectivity index (χ1v) is 11.7. The number of amides is 2. The van der Waals surface area contributed by atoms with E-state index in [4.69, 9.17) is 9.47 Å². The zero-order valence-corrected chi connectivity index (χ0v) is 20.0. The molecule has 178 valence electrons. The predicted molar refractivity (Wildman–Crippen MR) is 128 cm³/mol. The monoisotopic (exact) mass is 454 g/mol. The summed E-state index contributed by atoms with van der Waals surface area (Å²) in [6.07, 6.45) is 3.13.